The molecule has 2 aromatic carbocycles. The van der Waals surface area contributed by atoms with Gasteiger partial charge in [0.1, 0.15) is 0 Å². The van der Waals surface area contributed by atoms with Crippen LogP contribution in [0.4, 0.5) is 0 Å². The molecule has 4 rings (SSSR count). The van der Waals surface area contributed by atoms with Crippen molar-refractivity contribution in [2.45, 2.75) is 32.6 Å². The van der Waals surface area contributed by atoms with Gasteiger partial charge in [0.25, 0.3) is 5.91 Å². The minimum atomic E-state index is -0.184. The number of fused-ring (bicyclic) bond motifs is 1. The molecule has 0 unspecified atom stereocenters. The summed E-state index contributed by atoms with van der Waals surface area (Å²) in [6.07, 6.45) is 4.32. The highest BCUT2D eigenvalue weighted by atomic mass is 16.2. The molecule has 4 heteroatoms. The SMILES string of the molecule is C[C@@H]1CCC/C(=N\NC(=O)c2cc(-c3ccccc3)nc3ccccc23)C1. The second-order valence-corrected chi connectivity index (χ2v) is 7.26. The van der Waals surface area contributed by atoms with Gasteiger partial charge < -0.3 is 0 Å². The number of benzene rings is 2. The van der Waals surface area contributed by atoms with Crippen LogP contribution in [-0.4, -0.2) is 16.6 Å². The van der Waals surface area contributed by atoms with Crippen molar-refractivity contribution in [2.24, 2.45) is 11.0 Å². The maximum absolute atomic E-state index is 12.9. The van der Waals surface area contributed by atoms with Gasteiger partial charge in [0.05, 0.1) is 16.8 Å². The molecule has 4 nitrogen and oxygen atoms in total. The van der Waals surface area contributed by atoms with Gasteiger partial charge in [0, 0.05) is 16.7 Å². The topological polar surface area (TPSA) is 54.4 Å². The summed E-state index contributed by atoms with van der Waals surface area (Å²) < 4.78 is 0. The van der Waals surface area contributed by atoms with Crippen molar-refractivity contribution in [3.05, 3.63) is 66.2 Å². The number of pyridine rings is 1. The Kier molecular flexibility index (Phi) is 4.97. The molecule has 136 valence electrons. The van der Waals surface area contributed by atoms with Crippen LogP contribution in [0.25, 0.3) is 22.2 Å². The third-order valence-corrected chi connectivity index (χ3v) is 5.09. The van der Waals surface area contributed by atoms with E-state index in [1.807, 2.05) is 60.7 Å². The molecule has 0 aliphatic heterocycles. The number of rotatable bonds is 3. The van der Waals surface area contributed by atoms with Crippen molar-refractivity contribution in [2.75, 3.05) is 0 Å². The zero-order valence-corrected chi connectivity index (χ0v) is 15.5. The number of aromatic nitrogens is 1. The molecule has 3 aromatic rings. The molecule has 0 saturated heterocycles. The van der Waals surface area contributed by atoms with Crippen molar-refractivity contribution in [1.82, 2.24) is 10.4 Å². The molecule has 0 radical (unpaired) electrons. The summed E-state index contributed by atoms with van der Waals surface area (Å²) in [5, 5.41) is 5.26. The Morgan fingerprint density at radius 1 is 1.11 bits per heavy atom. The van der Waals surface area contributed by atoms with Gasteiger partial charge in [-0.1, -0.05) is 55.5 Å². The molecule has 0 bridgehead atoms. The highest BCUT2D eigenvalue weighted by Gasteiger charge is 2.16. The van der Waals surface area contributed by atoms with E-state index >= 15 is 0 Å². The molecule has 27 heavy (non-hydrogen) atoms. The van der Waals surface area contributed by atoms with E-state index in [2.05, 4.69) is 17.5 Å². The first-order valence-electron chi connectivity index (χ1n) is 9.51. The van der Waals surface area contributed by atoms with E-state index in [1.165, 1.54) is 6.42 Å². The second-order valence-electron chi connectivity index (χ2n) is 7.26. The highest BCUT2D eigenvalue weighted by molar-refractivity contribution is 6.07. The van der Waals surface area contributed by atoms with Crippen LogP contribution in [0.15, 0.2) is 65.8 Å². The molecule has 1 aliphatic carbocycles. The molecule has 1 fully saturated rings. The van der Waals surface area contributed by atoms with Crippen molar-refractivity contribution >= 4 is 22.5 Å². The summed E-state index contributed by atoms with van der Waals surface area (Å²) in [7, 11) is 0. The van der Waals surface area contributed by atoms with Gasteiger partial charge >= 0.3 is 0 Å². The maximum atomic E-state index is 12.9. The van der Waals surface area contributed by atoms with E-state index in [4.69, 9.17) is 4.98 Å². The van der Waals surface area contributed by atoms with Crippen LogP contribution in [-0.2, 0) is 0 Å². The summed E-state index contributed by atoms with van der Waals surface area (Å²) in [5.74, 6) is 0.456. The van der Waals surface area contributed by atoms with Gasteiger partial charge in [-0.05, 0) is 43.7 Å². The number of para-hydroxylation sites is 1. The molecule has 1 aliphatic rings. The molecule has 1 aromatic heterocycles. The smallest absolute Gasteiger partial charge is 0.267 e. The standard InChI is InChI=1S/C23H23N3O/c1-16-8-7-11-18(14-16)25-26-23(27)20-15-22(17-9-3-2-4-10-17)24-21-13-6-5-12-19(20)21/h2-6,9-10,12-13,15-16H,7-8,11,14H2,1H3,(H,26,27)/b25-18+/t16-/m1/s1. The maximum Gasteiger partial charge on any atom is 0.272 e. The van der Waals surface area contributed by atoms with Crippen molar-refractivity contribution in [3.8, 4) is 11.3 Å². The molecule has 1 heterocycles. The van der Waals surface area contributed by atoms with Crippen molar-refractivity contribution < 1.29 is 4.79 Å². The van der Waals surface area contributed by atoms with Crippen LogP contribution < -0.4 is 5.43 Å². The summed E-state index contributed by atoms with van der Waals surface area (Å²) in [5.41, 5.74) is 7.06. The van der Waals surface area contributed by atoms with Crippen LogP contribution >= 0.6 is 0 Å². The Morgan fingerprint density at radius 3 is 2.70 bits per heavy atom. The molecule has 1 atom stereocenters. The van der Waals surface area contributed by atoms with E-state index in [1.54, 1.807) is 0 Å². The normalized spacial score (nSPS) is 18.6. The van der Waals surface area contributed by atoms with E-state index in [0.29, 0.717) is 11.5 Å². The average Bonchev–Trinajstić information content (AvgIpc) is 2.72. The zero-order valence-electron chi connectivity index (χ0n) is 15.5. The number of amides is 1. The first kappa shape index (κ1) is 17.4. The van der Waals surface area contributed by atoms with E-state index in [-0.39, 0.29) is 5.91 Å². The van der Waals surface area contributed by atoms with Crippen LogP contribution in [0.1, 0.15) is 43.0 Å². The zero-order chi connectivity index (χ0) is 18.6. The number of carbonyl (C=O) groups excluding carboxylic acids is 1. The summed E-state index contributed by atoms with van der Waals surface area (Å²) >= 11 is 0. The lowest BCUT2D eigenvalue weighted by molar-refractivity contribution is 0.0956. The van der Waals surface area contributed by atoms with Gasteiger partial charge in [-0.15, -0.1) is 0 Å². The average molecular weight is 357 g/mol. The number of hydrogen-bond acceptors (Lipinski definition) is 3. The number of hydrogen-bond donors (Lipinski definition) is 1. The molecular weight excluding hydrogens is 334 g/mol. The second kappa shape index (κ2) is 7.70. The number of nitrogens with one attached hydrogen (secondary N) is 1. The fraction of sp³-hybridized carbons (Fsp3) is 0.261. The van der Waals surface area contributed by atoms with Gasteiger partial charge in [0.15, 0.2) is 0 Å². The van der Waals surface area contributed by atoms with Crippen molar-refractivity contribution in [1.29, 1.82) is 0 Å². The number of hydrazone groups is 1. The fourth-order valence-corrected chi connectivity index (χ4v) is 3.67. The first-order chi connectivity index (χ1) is 13.2. The van der Waals surface area contributed by atoms with Gasteiger partial charge in [0.2, 0.25) is 0 Å². The molecule has 1 saturated carbocycles. The molecule has 1 N–H and O–H groups in total. The molecule has 0 spiro atoms. The Morgan fingerprint density at radius 2 is 1.89 bits per heavy atom. The van der Waals surface area contributed by atoms with Gasteiger partial charge in [-0.3, -0.25) is 4.79 Å². The lowest BCUT2D eigenvalue weighted by Crippen LogP contribution is -2.22. The third-order valence-electron chi connectivity index (χ3n) is 5.09. The fourth-order valence-electron chi connectivity index (χ4n) is 3.67. The third kappa shape index (κ3) is 3.90. The van der Waals surface area contributed by atoms with Gasteiger partial charge in [-0.2, -0.15) is 5.10 Å². The predicted molar refractivity (Wildman–Crippen MR) is 110 cm³/mol. The Bertz CT molecular complexity index is 995. The Labute approximate surface area is 159 Å². The Balaban J connectivity index is 1.69. The highest BCUT2D eigenvalue weighted by Crippen LogP contribution is 2.25. The van der Waals surface area contributed by atoms with Crippen molar-refractivity contribution in [3.63, 3.8) is 0 Å². The number of carbonyl (C=O) groups is 1. The summed E-state index contributed by atoms with van der Waals surface area (Å²) in [6, 6.07) is 19.5. The predicted octanol–water partition coefficient (Wildman–Crippen LogP) is 5.20. The van der Waals surface area contributed by atoms with E-state index in [9.17, 15) is 4.79 Å². The van der Waals surface area contributed by atoms with Crippen LogP contribution in [0.2, 0.25) is 0 Å². The largest absolute Gasteiger partial charge is 0.272 e. The minimum Gasteiger partial charge on any atom is -0.267 e. The van der Waals surface area contributed by atoms with Gasteiger partial charge in [-0.25, -0.2) is 10.4 Å². The lowest BCUT2D eigenvalue weighted by atomic mass is 9.89. The summed E-state index contributed by atoms with van der Waals surface area (Å²) in [4.78, 5) is 17.7. The molecular formula is C23H23N3O. The van der Waals surface area contributed by atoms with Crippen LogP contribution in [0.5, 0.6) is 0 Å². The van der Waals surface area contributed by atoms with E-state index < -0.39 is 0 Å². The Hall–Kier alpha value is -3.01. The lowest BCUT2D eigenvalue weighted by Gasteiger charge is -2.19. The summed E-state index contributed by atoms with van der Waals surface area (Å²) in [6.45, 7) is 2.24. The first-order valence-corrected chi connectivity index (χ1v) is 9.51. The van der Waals surface area contributed by atoms with Crippen LogP contribution in [0, 0.1) is 5.92 Å². The minimum absolute atomic E-state index is 0.184. The van der Waals surface area contributed by atoms with Crippen LogP contribution in [0.3, 0.4) is 0 Å². The number of nitrogens with zero attached hydrogens (tertiary/aromatic N) is 2. The van der Waals surface area contributed by atoms with E-state index in [0.717, 1.165) is 47.1 Å². The molecule has 1 amide bonds. The quantitative estimate of drug-likeness (QED) is 0.655. The monoisotopic (exact) mass is 357 g/mol.